The number of rotatable bonds is 3. The smallest absolute Gasteiger partial charge is 0.213 e. The highest BCUT2D eigenvalue weighted by molar-refractivity contribution is 9.10. The predicted octanol–water partition coefficient (Wildman–Crippen LogP) is 2.17. The third-order valence-electron chi connectivity index (χ3n) is 1.94. The first kappa shape index (κ1) is 10.9. The van der Waals surface area contributed by atoms with Crippen molar-refractivity contribution in [2.75, 3.05) is 11.1 Å². The van der Waals surface area contributed by atoms with Crippen LogP contribution in [0.4, 0.5) is 15.8 Å². The number of aromatic nitrogens is 2. The summed E-state index contributed by atoms with van der Waals surface area (Å²) >= 11 is 3.08. The van der Waals surface area contributed by atoms with Gasteiger partial charge in [0.2, 0.25) is 6.39 Å². The SMILES string of the molecule is Nc1cc(F)c(Br)cc1NCc1ncon1. The molecule has 0 atom stereocenters. The minimum Gasteiger partial charge on any atom is -0.397 e. The molecule has 0 aliphatic heterocycles. The van der Waals surface area contributed by atoms with E-state index in [9.17, 15) is 4.39 Å². The Morgan fingerprint density at radius 1 is 1.50 bits per heavy atom. The van der Waals surface area contributed by atoms with E-state index in [0.717, 1.165) is 0 Å². The molecule has 7 heteroatoms. The highest BCUT2D eigenvalue weighted by Crippen LogP contribution is 2.26. The van der Waals surface area contributed by atoms with Gasteiger partial charge in [0.15, 0.2) is 5.82 Å². The number of benzene rings is 1. The predicted molar refractivity (Wildman–Crippen MR) is 60.1 cm³/mol. The van der Waals surface area contributed by atoms with Crippen molar-refractivity contribution < 1.29 is 8.91 Å². The summed E-state index contributed by atoms with van der Waals surface area (Å²) in [6.45, 7) is 0.360. The average Bonchev–Trinajstić information content (AvgIpc) is 2.74. The van der Waals surface area contributed by atoms with Crippen molar-refractivity contribution in [3.63, 3.8) is 0 Å². The summed E-state index contributed by atoms with van der Waals surface area (Å²) in [4.78, 5) is 3.83. The number of anilines is 2. The Kier molecular flexibility index (Phi) is 3.04. The molecule has 0 spiro atoms. The molecule has 0 fully saturated rings. The maximum atomic E-state index is 13.1. The molecule has 2 rings (SSSR count). The normalized spacial score (nSPS) is 10.4. The van der Waals surface area contributed by atoms with Crippen molar-refractivity contribution in [3.8, 4) is 0 Å². The monoisotopic (exact) mass is 286 g/mol. The summed E-state index contributed by atoms with van der Waals surface area (Å²) in [5, 5.41) is 6.60. The van der Waals surface area contributed by atoms with E-state index in [1.54, 1.807) is 6.07 Å². The molecule has 1 aromatic heterocycles. The van der Waals surface area contributed by atoms with Crippen LogP contribution in [0, 0.1) is 5.82 Å². The van der Waals surface area contributed by atoms with Crippen molar-refractivity contribution in [1.29, 1.82) is 0 Å². The molecular weight excluding hydrogens is 279 g/mol. The van der Waals surface area contributed by atoms with Crippen LogP contribution in [0.1, 0.15) is 5.82 Å². The lowest BCUT2D eigenvalue weighted by molar-refractivity contribution is 0.411. The fourth-order valence-electron chi connectivity index (χ4n) is 1.16. The molecule has 0 amide bonds. The Labute approximate surface area is 99.0 Å². The summed E-state index contributed by atoms with van der Waals surface area (Å²) < 4.78 is 18.0. The quantitative estimate of drug-likeness (QED) is 0.846. The molecule has 1 heterocycles. The minimum atomic E-state index is -0.400. The van der Waals surface area contributed by atoms with Crippen LogP contribution in [0.5, 0.6) is 0 Å². The van der Waals surface area contributed by atoms with E-state index in [0.29, 0.717) is 28.2 Å². The lowest BCUT2D eigenvalue weighted by Gasteiger charge is -2.08. The van der Waals surface area contributed by atoms with Crippen molar-refractivity contribution in [2.24, 2.45) is 0 Å². The zero-order valence-corrected chi connectivity index (χ0v) is 9.66. The Morgan fingerprint density at radius 3 is 3.00 bits per heavy atom. The molecule has 0 aliphatic carbocycles. The van der Waals surface area contributed by atoms with E-state index in [4.69, 9.17) is 5.73 Å². The van der Waals surface area contributed by atoms with Crippen LogP contribution in [-0.4, -0.2) is 10.1 Å². The molecular formula is C9H8BrFN4O. The molecule has 0 aliphatic rings. The second-order valence-electron chi connectivity index (χ2n) is 3.05. The Hall–Kier alpha value is -1.63. The Balaban J connectivity index is 2.12. The van der Waals surface area contributed by atoms with E-state index < -0.39 is 5.82 Å². The van der Waals surface area contributed by atoms with Crippen molar-refractivity contribution in [2.45, 2.75) is 6.54 Å². The van der Waals surface area contributed by atoms with Crippen molar-refractivity contribution >= 4 is 27.3 Å². The van der Waals surface area contributed by atoms with E-state index in [1.807, 2.05) is 0 Å². The highest BCUT2D eigenvalue weighted by atomic mass is 79.9. The van der Waals surface area contributed by atoms with Gasteiger partial charge < -0.3 is 15.6 Å². The van der Waals surface area contributed by atoms with E-state index in [-0.39, 0.29) is 0 Å². The van der Waals surface area contributed by atoms with Gasteiger partial charge in [-0.15, -0.1) is 0 Å². The van der Waals surface area contributed by atoms with E-state index in [1.165, 1.54) is 12.5 Å². The molecule has 2 aromatic rings. The van der Waals surface area contributed by atoms with Gasteiger partial charge in [0.25, 0.3) is 0 Å². The number of hydrogen-bond acceptors (Lipinski definition) is 5. The molecule has 0 saturated heterocycles. The first-order valence-electron chi connectivity index (χ1n) is 4.40. The fourth-order valence-corrected chi connectivity index (χ4v) is 1.50. The van der Waals surface area contributed by atoms with Crippen LogP contribution < -0.4 is 11.1 Å². The zero-order valence-electron chi connectivity index (χ0n) is 8.08. The third-order valence-corrected chi connectivity index (χ3v) is 2.54. The minimum absolute atomic E-state index is 0.323. The number of nitrogens with zero attached hydrogens (tertiary/aromatic N) is 2. The molecule has 0 unspecified atom stereocenters. The topological polar surface area (TPSA) is 77.0 Å². The van der Waals surface area contributed by atoms with Gasteiger partial charge in [-0.2, -0.15) is 4.98 Å². The highest BCUT2D eigenvalue weighted by Gasteiger charge is 2.06. The number of hydrogen-bond donors (Lipinski definition) is 2. The summed E-state index contributed by atoms with van der Waals surface area (Å²) in [5.41, 5.74) is 6.57. The number of nitrogens with two attached hydrogens (primary N) is 1. The second-order valence-corrected chi connectivity index (χ2v) is 3.91. The standard InChI is InChI=1S/C9H8BrFN4O/c10-5-1-8(7(12)2-6(5)11)13-3-9-14-4-16-15-9/h1-2,4,13H,3,12H2. The van der Waals surface area contributed by atoms with Gasteiger partial charge in [0.05, 0.1) is 22.4 Å². The van der Waals surface area contributed by atoms with Gasteiger partial charge in [0.1, 0.15) is 5.82 Å². The van der Waals surface area contributed by atoms with Gasteiger partial charge in [0, 0.05) is 6.07 Å². The Morgan fingerprint density at radius 2 is 2.31 bits per heavy atom. The maximum absolute atomic E-state index is 13.1. The van der Waals surface area contributed by atoms with Crippen molar-refractivity contribution in [1.82, 2.24) is 10.1 Å². The molecule has 0 saturated carbocycles. The summed E-state index contributed by atoms with van der Waals surface area (Å²) in [6.07, 6.45) is 1.24. The lowest BCUT2D eigenvalue weighted by Crippen LogP contribution is -2.04. The summed E-state index contributed by atoms with van der Waals surface area (Å²) in [6, 6.07) is 2.80. The second kappa shape index (κ2) is 4.48. The van der Waals surface area contributed by atoms with Crippen LogP contribution in [0.25, 0.3) is 0 Å². The van der Waals surface area contributed by atoms with Gasteiger partial charge in [-0.3, -0.25) is 0 Å². The first-order chi connectivity index (χ1) is 7.66. The van der Waals surface area contributed by atoms with Gasteiger partial charge in [-0.1, -0.05) is 5.16 Å². The van der Waals surface area contributed by atoms with Crippen molar-refractivity contribution in [3.05, 3.63) is 34.6 Å². The van der Waals surface area contributed by atoms with Crippen LogP contribution in [-0.2, 0) is 6.54 Å². The molecule has 3 N–H and O–H groups in total. The first-order valence-corrected chi connectivity index (χ1v) is 5.20. The van der Waals surface area contributed by atoms with Crippen LogP contribution in [0.3, 0.4) is 0 Å². The lowest BCUT2D eigenvalue weighted by atomic mass is 10.2. The van der Waals surface area contributed by atoms with Crippen LogP contribution >= 0.6 is 15.9 Å². The van der Waals surface area contributed by atoms with Gasteiger partial charge >= 0.3 is 0 Å². The summed E-state index contributed by atoms with van der Waals surface area (Å²) in [5.74, 6) is 0.0995. The number of halogens is 2. The van der Waals surface area contributed by atoms with E-state index in [2.05, 4.69) is 35.9 Å². The summed E-state index contributed by atoms with van der Waals surface area (Å²) in [7, 11) is 0. The maximum Gasteiger partial charge on any atom is 0.213 e. The van der Waals surface area contributed by atoms with Crippen LogP contribution in [0.2, 0.25) is 0 Å². The molecule has 5 nitrogen and oxygen atoms in total. The fraction of sp³-hybridized carbons (Fsp3) is 0.111. The third kappa shape index (κ3) is 2.30. The van der Waals surface area contributed by atoms with Gasteiger partial charge in [-0.05, 0) is 22.0 Å². The number of nitrogens with one attached hydrogen (secondary N) is 1. The molecule has 16 heavy (non-hydrogen) atoms. The van der Waals surface area contributed by atoms with Crippen LogP contribution in [0.15, 0.2) is 27.5 Å². The Bertz CT molecular complexity index is 489. The molecule has 84 valence electrons. The largest absolute Gasteiger partial charge is 0.397 e. The van der Waals surface area contributed by atoms with Gasteiger partial charge in [-0.25, -0.2) is 4.39 Å². The molecule has 0 bridgehead atoms. The zero-order chi connectivity index (χ0) is 11.5. The van der Waals surface area contributed by atoms with E-state index >= 15 is 0 Å². The molecule has 1 aromatic carbocycles. The number of nitrogen functional groups attached to an aromatic ring is 1. The molecule has 0 radical (unpaired) electrons. The average molecular weight is 287 g/mol.